The van der Waals surface area contributed by atoms with Gasteiger partial charge in [0.1, 0.15) is 24.4 Å². The van der Waals surface area contributed by atoms with E-state index in [0.29, 0.717) is 0 Å². The Bertz CT molecular complexity index is 329. The van der Waals surface area contributed by atoms with Crippen LogP contribution in [0.1, 0.15) is 6.23 Å². The van der Waals surface area contributed by atoms with E-state index in [1.807, 2.05) is 0 Å². The average molecular weight is 230 g/mol. The summed E-state index contributed by atoms with van der Waals surface area (Å²) in [6.45, 7) is -0.442. The molecule has 4 N–H and O–H groups in total. The van der Waals surface area contributed by atoms with E-state index in [9.17, 15) is 15.3 Å². The SMILES string of the molecule is OC[C@H]1OC(n2cccn2)[C@@H](O)[C@@H](O)[C@@H]1O. The van der Waals surface area contributed by atoms with Crippen molar-refractivity contribution in [3.05, 3.63) is 18.5 Å². The first-order valence-corrected chi connectivity index (χ1v) is 4.95. The first-order valence-electron chi connectivity index (χ1n) is 4.95. The maximum Gasteiger partial charge on any atom is 0.179 e. The maximum absolute atomic E-state index is 9.72. The highest BCUT2D eigenvalue weighted by molar-refractivity contribution is 4.92. The molecule has 2 rings (SSSR count). The predicted molar refractivity (Wildman–Crippen MR) is 51.2 cm³/mol. The highest BCUT2D eigenvalue weighted by atomic mass is 16.6. The third kappa shape index (κ3) is 1.83. The minimum atomic E-state index is -1.37. The summed E-state index contributed by atoms with van der Waals surface area (Å²) in [5.74, 6) is 0. The lowest BCUT2D eigenvalue weighted by Crippen LogP contribution is -2.56. The van der Waals surface area contributed by atoms with E-state index in [4.69, 9.17) is 9.84 Å². The lowest BCUT2D eigenvalue weighted by molar-refractivity contribution is -0.253. The molecular weight excluding hydrogens is 216 g/mol. The number of hydrogen-bond acceptors (Lipinski definition) is 6. The smallest absolute Gasteiger partial charge is 0.179 e. The van der Waals surface area contributed by atoms with Crippen molar-refractivity contribution in [1.82, 2.24) is 9.78 Å². The topological polar surface area (TPSA) is 108 Å². The Hall–Kier alpha value is -0.990. The molecule has 2 heterocycles. The second-order valence-electron chi connectivity index (χ2n) is 3.71. The molecule has 1 aliphatic rings. The second kappa shape index (κ2) is 4.48. The number of ether oxygens (including phenoxy) is 1. The highest BCUT2D eigenvalue weighted by Gasteiger charge is 2.44. The minimum Gasteiger partial charge on any atom is -0.394 e. The molecule has 1 aromatic rings. The van der Waals surface area contributed by atoms with E-state index in [2.05, 4.69) is 5.10 Å². The molecule has 1 aromatic heterocycles. The number of hydrogen-bond donors (Lipinski definition) is 4. The Kier molecular flexibility index (Phi) is 3.22. The number of nitrogens with zero attached hydrogens (tertiary/aromatic N) is 2. The van der Waals surface area contributed by atoms with E-state index in [0.717, 1.165) is 0 Å². The van der Waals surface area contributed by atoms with Gasteiger partial charge >= 0.3 is 0 Å². The normalized spacial score (nSPS) is 39.9. The Morgan fingerprint density at radius 1 is 1.19 bits per heavy atom. The van der Waals surface area contributed by atoms with Crippen LogP contribution >= 0.6 is 0 Å². The van der Waals surface area contributed by atoms with Crippen LogP contribution in [-0.4, -0.2) is 61.2 Å². The molecular formula is C9H14N2O5. The van der Waals surface area contributed by atoms with Gasteiger partial charge in [-0.25, -0.2) is 4.68 Å². The molecule has 1 unspecified atom stereocenters. The quantitative estimate of drug-likeness (QED) is 0.461. The van der Waals surface area contributed by atoms with Gasteiger partial charge in [0.05, 0.1) is 6.61 Å². The first kappa shape index (κ1) is 11.5. The van der Waals surface area contributed by atoms with E-state index in [1.165, 1.54) is 10.9 Å². The van der Waals surface area contributed by atoms with Gasteiger partial charge in [-0.2, -0.15) is 5.10 Å². The van der Waals surface area contributed by atoms with E-state index >= 15 is 0 Å². The minimum absolute atomic E-state index is 0.442. The van der Waals surface area contributed by atoms with Crippen LogP contribution in [0.4, 0.5) is 0 Å². The van der Waals surface area contributed by atoms with Crippen molar-refractivity contribution in [2.45, 2.75) is 30.6 Å². The largest absolute Gasteiger partial charge is 0.394 e. The predicted octanol–water partition coefficient (Wildman–Crippen LogP) is -2.14. The third-order valence-electron chi connectivity index (χ3n) is 2.65. The van der Waals surface area contributed by atoms with Crippen molar-refractivity contribution in [1.29, 1.82) is 0 Å². The third-order valence-corrected chi connectivity index (χ3v) is 2.65. The molecule has 7 heteroatoms. The van der Waals surface area contributed by atoms with Gasteiger partial charge in [0, 0.05) is 12.4 Å². The second-order valence-corrected chi connectivity index (χ2v) is 3.71. The van der Waals surface area contributed by atoms with Crippen molar-refractivity contribution in [2.24, 2.45) is 0 Å². The monoisotopic (exact) mass is 230 g/mol. The Morgan fingerprint density at radius 3 is 2.50 bits per heavy atom. The molecule has 0 aromatic carbocycles. The molecule has 1 aliphatic heterocycles. The molecule has 1 fully saturated rings. The molecule has 0 bridgehead atoms. The molecule has 0 radical (unpaired) electrons. The summed E-state index contributed by atoms with van der Waals surface area (Å²) in [6, 6.07) is 1.64. The number of aliphatic hydroxyl groups is 4. The van der Waals surface area contributed by atoms with Gasteiger partial charge in [0.2, 0.25) is 0 Å². The molecule has 0 saturated carbocycles. The van der Waals surface area contributed by atoms with E-state index in [1.54, 1.807) is 12.3 Å². The van der Waals surface area contributed by atoms with Crippen molar-refractivity contribution in [3.63, 3.8) is 0 Å². The zero-order valence-corrected chi connectivity index (χ0v) is 8.42. The molecule has 0 aliphatic carbocycles. The maximum atomic E-state index is 9.72. The van der Waals surface area contributed by atoms with Gasteiger partial charge in [-0.05, 0) is 6.07 Å². The van der Waals surface area contributed by atoms with Crippen molar-refractivity contribution >= 4 is 0 Å². The van der Waals surface area contributed by atoms with Crippen LogP contribution in [0.2, 0.25) is 0 Å². The van der Waals surface area contributed by atoms with E-state index in [-0.39, 0.29) is 0 Å². The summed E-state index contributed by atoms with van der Waals surface area (Å²) in [5.41, 5.74) is 0. The summed E-state index contributed by atoms with van der Waals surface area (Å²) in [5, 5.41) is 41.6. The Morgan fingerprint density at radius 2 is 1.94 bits per heavy atom. The summed E-state index contributed by atoms with van der Waals surface area (Å²) >= 11 is 0. The molecule has 0 spiro atoms. The zero-order chi connectivity index (χ0) is 11.7. The lowest BCUT2D eigenvalue weighted by atomic mass is 9.98. The number of aliphatic hydroxyl groups excluding tert-OH is 4. The lowest BCUT2D eigenvalue weighted by Gasteiger charge is -2.39. The fourth-order valence-corrected chi connectivity index (χ4v) is 1.73. The van der Waals surface area contributed by atoms with Crippen LogP contribution in [0, 0.1) is 0 Å². The molecule has 90 valence electrons. The van der Waals surface area contributed by atoms with Crippen LogP contribution in [0.3, 0.4) is 0 Å². The average Bonchev–Trinajstić information content (AvgIpc) is 2.80. The van der Waals surface area contributed by atoms with E-state index < -0.39 is 37.3 Å². The van der Waals surface area contributed by atoms with Crippen molar-refractivity contribution in [2.75, 3.05) is 6.61 Å². The van der Waals surface area contributed by atoms with Crippen LogP contribution < -0.4 is 0 Å². The van der Waals surface area contributed by atoms with Crippen molar-refractivity contribution in [3.8, 4) is 0 Å². The zero-order valence-electron chi connectivity index (χ0n) is 8.42. The Balaban J connectivity index is 2.20. The fraction of sp³-hybridized carbons (Fsp3) is 0.667. The van der Waals surface area contributed by atoms with Gasteiger partial charge in [0.25, 0.3) is 0 Å². The summed E-state index contributed by atoms with van der Waals surface area (Å²) in [4.78, 5) is 0. The van der Waals surface area contributed by atoms with Crippen LogP contribution in [0.25, 0.3) is 0 Å². The standard InChI is InChI=1S/C9H14N2O5/c12-4-5-6(13)7(14)8(15)9(16-5)11-3-1-2-10-11/h1-3,5-9,12-15H,4H2/t5-,6-,7+,8+,9?/m1/s1. The summed E-state index contributed by atoms with van der Waals surface area (Å²) in [7, 11) is 0. The van der Waals surface area contributed by atoms with Crippen LogP contribution in [0.15, 0.2) is 18.5 Å². The fourth-order valence-electron chi connectivity index (χ4n) is 1.73. The number of rotatable bonds is 2. The van der Waals surface area contributed by atoms with Gasteiger partial charge in [-0.15, -0.1) is 0 Å². The van der Waals surface area contributed by atoms with Gasteiger partial charge in [0.15, 0.2) is 6.23 Å². The molecule has 7 nitrogen and oxygen atoms in total. The molecule has 1 saturated heterocycles. The summed E-state index contributed by atoms with van der Waals surface area (Å²) in [6.07, 6.45) is -2.77. The van der Waals surface area contributed by atoms with Crippen LogP contribution in [-0.2, 0) is 4.74 Å². The van der Waals surface area contributed by atoms with Crippen LogP contribution in [0.5, 0.6) is 0 Å². The first-order chi connectivity index (χ1) is 7.65. The van der Waals surface area contributed by atoms with Gasteiger partial charge in [-0.3, -0.25) is 0 Å². The molecule has 5 atom stereocenters. The molecule has 0 amide bonds. The van der Waals surface area contributed by atoms with Crippen molar-refractivity contribution < 1.29 is 25.2 Å². The Labute approximate surface area is 91.5 Å². The highest BCUT2D eigenvalue weighted by Crippen LogP contribution is 2.27. The van der Waals surface area contributed by atoms with Gasteiger partial charge < -0.3 is 25.2 Å². The molecule has 16 heavy (non-hydrogen) atoms. The summed E-state index contributed by atoms with van der Waals surface area (Å²) < 4.78 is 6.59. The number of aromatic nitrogens is 2. The van der Waals surface area contributed by atoms with Gasteiger partial charge in [-0.1, -0.05) is 0 Å².